The predicted octanol–water partition coefficient (Wildman–Crippen LogP) is 9.22. The molecule has 6 heteroatoms. The van der Waals surface area contributed by atoms with Crippen LogP contribution in [0.3, 0.4) is 0 Å². The first-order valence-electron chi connectivity index (χ1n) is 14.0. The average Bonchev–Trinajstić information content (AvgIpc) is 3.43. The van der Waals surface area contributed by atoms with Crippen molar-refractivity contribution >= 4 is 33.0 Å². The maximum Gasteiger partial charge on any atom is 0.216 e. The van der Waals surface area contributed by atoms with Gasteiger partial charge in [0.05, 0.1) is 11.1 Å². The Balaban J connectivity index is 0.000000207. The standard InChI is InChI=1S/C26H16N3O.C12H10N.Ir/c1-16-7-9-21-20-5-2-6-22(25(20)30-26(21)29-16)24-15-18(11-13-28-24)17-8-10-23-19(14-17)4-3-12-27-23;1-10-7-8-12(13-9-10)11-5-3-2-4-6-11;/h2-5,7-15H,1H3;2-5,7-9H,1H3;/q2*-1;. The van der Waals surface area contributed by atoms with Gasteiger partial charge < -0.3 is 14.4 Å². The Bertz CT molecular complexity index is 2210. The fraction of sp³-hybridized carbons (Fsp3) is 0.0526. The van der Waals surface area contributed by atoms with E-state index in [0.29, 0.717) is 5.71 Å². The van der Waals surface area contributed by atoms with Crippen LogP contribution in [0.25, 0.3) is 66.6 Å². The molecule has 5 nitrogen and oxygen atoms in total. The van der Waals surface area contributed by atoms with Gasteiger partial charge in [0, 0.05) is 55.2 Å². The summed E-state index contributed by atoms with van der Waals surface area (Å²) in [7, 11) is 0. The first kappa shape index (κ1) is 29.1. The van der Waals surface area contributed by atoms with Crippen LogP contribution in [0.15, 0.2) is 126 Å². The van der Waals surface area contributed by atoms with Gasteiger partial charge >= 0.3 is 0 Å². The number of aromatic nitrogens is 4. The van der Waals surface area contributed by atoms with E-state index in [1.165, 1.54) is 5.56 Å². The molecule has 5 heterocycles. The molecule has 0 aliphatic carbocycles. The van der Waals surface area contributed by atoms with Crippen molar-refractivity contribution in [1.29, 1.82) is 0 Å². The van der Waals surface area contributed by atoms with Crippen molar-refractivity contribution in [3.8, 4) is 33.6 Å². The maximum atomic E-state index is 6.13. The van der Waals surface area contributed by atoms with Crippen LogP contribution in [0.5, 0.6) is 0 Å². The summed E-state index contributed by atoms with van der Waals surface area (Å²) in [6.45, 7) is 4.00. The monoisotopic (exact) mass is 747 g/mol. The maximum absolute atomic E-state index is 6.13. The summed E-state index contributed by atoms with van der Waals surface area (Å²) >= 11 is 0. The van der Waals surface area contributed by atoms with Crippen LogP contribution in [0, 0.1) is 26.0 Å². The molecule has 0 amide bonds. The Morgan fingerprint density at radius 1 is 0.659 bits per heavy atom. The summed E-state index contributed by atoms with van der Waals surface area (Å²) in [5.41, 5.74) is 10.4. The largest absolute Gasteiger partial charge is 0.486 e. The van der Waals surface area contributed by atoms with E-state index in [1.54, 1.807) is 0 Å². The zero-order chi connectivity index (χ0) is 29.2. The first-order valence-corrected chi connectivity index (χ1v) is 14.0. The molecule has 8 aromatic rings. The second-order valence-corrected chi connectivity index (χ2v) is 10.3. The van der Waals surface area contributed by atoms with E-state index >= 15 is 0 Å². The van der Waals surface area contributed by atoms with E-state index in [-0.39, 0.29) is 20.1 Å². The molecule has 8 rings (SSSR count). The van der Waals surface area contributed by atoms with Gasteiger partial charge in [0.15, 0.2) is 0 Å². The van der Waals surface area contributed by atoms with Gasteiger partial charge in [-0.2, -0.15) is 0 Å². The fourth-order valence-corrected chi connectivity index (χ4v) is 5.09. The Morgan fingerprint density at radius 3 is 2.41 bits per heavy atom. The zero-order valence-corrected chi connectivity index (χ0v) is 26.5. The van der Waals surface area contributed by atoms with Crippen LogP contribution in [0.1, 0.15) is 11.3 Å². The number of pyridine rings is 4. The van der Waals surface area contributed by atoms with Gasteiger partial charge in [-0.3, -0.25) is 4.98 Å². The van der Waals surface area contributed by atoms with E-state index in [1.807, 2.05) is 99.2 Å². The van der Waals surface area contributed by atoms with Crippen LogP contribution in [-0.4, -0.2) is 19.9 Å². The molecule has 5 aromatic heterocycles. The van der Waals surface area contributed by atoms with Gasteiger partial charge in [-0.05, 0) is 78.3 Å². The van der Waals surface area contributed by atoms with Gasteiger partial charge in [-0.25, -0.2) is 4.98 Å². The zero-order valence-electron chi connectivity index (χ0n) is 24.1. The third-order valence-electron chi connectivity index (χ3n) is 7.29. The van der Waals surface area contributed by atoms with Crippen molar-refractivity contribution in [3.63, 3.8) is 0 Å². The van der Waals surface area contributed by atoms with Gasteiger partial charge in [-0.1, -0.05) is 41.3 Å². The van der Waals surface area contributed by atoms with E-state index in [0.717, 1.165) is 66.6 Å². The molecule has 215 valence electrons. The molecule has 1 radical (unpaired) electrons. The summed E-state index contributed by atoms with van der Waals surface area (Å²) in [5, 5.41) is 3.14. The van der Waals surface area contributed by atoms with Crippen LogP contribution in [0.4, 0.5) is 0 Å². The molecule has 0 fully saturated rings. The molecule has 0 spiro atoms. The second-order valence-electron chi connectivity index (χ2n) is 10.3. The van der Waals surface area contributed by atoms with Gasteiger partial charge in [0.1, 0.15) is 0 Å². The Hall–Kier alpha value is -5.03. The third kappa shape index (κ3) is 5.91. The van der Waals surface area contributed by atoms with Gasteiger partial charge in [0.2, 0.25) is 5.71 Å². The SMILES string of the molecule is Cc1ccc(-c2[c-]cccc2)nc1.Cc1ccc2c(n1)oc1c(-c3cc(-c4ccc5ncccc5c4)ccn3)[c-]ccc12.[Ir]. The number of nitrogens with zero attached hydrogens (tertiary/aromatic N) is 4. The van der Waals surface area contributed by atoms with Crippen molar-refractivity contribution in [2.24, 2.45) is 0 Å². The smallest absolute Gasteiger partial charge is 0.216 e. The summed E-state index contributed by atoms with van der Waals surface area (Å²) in [4.78, 5) is 17.9. The van der Waals surface area contributed by atoms with Crippen molar-refractivity contribution in [3.05, 3.63) is 145 Å². The molecule has 0 aliphatic rings. The summed E-state index contributed by atoms with van der Waals surface area (Å²) in [6, 6.07) is 40.8. The van der Waals surface area contributed by atoms with Crippen LogP contribution in [-0.2, 0) is 20.1 Å². The number of aryl methyl sites for hydroxylation is 2. The van der Waals surface area contributed by atoms with Crippen LogP contribution < -0.4 is 0 Å². The fourth-order valence-electron chi connectivity index (χ4n) is 5.09. The molecule has 0 atom stereocenters. The second kappa shape index (κ2) is 12.7. The molecule has 44 heavy (non-hydrogen) atoms. The molecule has 0 N–H and O–H groups in total. The van der Waals surface area contributed by atoms with Gasteiger partial charge in [0.25, 0.3) is 0 Å². The van der Waals surface area contributed by atoms with Crippen LogP contribution >= 0.6 is 0 Å². The molecule has 0 saturated heterocycles. The summed E-state index contributed by atoms with van der Waals surface area (Å²) in [5.74, 6) is 0. The first-order chi connectivity index (χ1) is 21.1. The number of benzene rings is 3. The van der Waals surface area contributed by atoms with Crippen molar-refractivity contribution in [2.75, 3.05) is 0 Å². The molecule has 3 aromatic carbocycles. The minimum absolute atomic E-state index is 0. The van der Waals surface area contributed by atoms with E-state index in [2.05, 4.69) is 68.5 Å². The summed E-state index contributed by atoms with van der Waals surface area (Å²) < 4.78 is 6.13. The number of rotatable bonds is 3. The van der Waals surface area contributed by atoms with Crippen molar-refractivity contribution in [1.82, 2.24) is 19.9 Å². The summed E-state index contributed by atoms with van der Waals surface area (Å²) in [6.07, 6.45) is 5.51. The predicted molar refractivity (Wildman–Crippen MR) is 172 cm³/mol. The Morgan fingerprint density at radius 2 is 1.57 bits per heavy atom. The van der Waals surface area contributed by atoms with Crippen molar-refractivity contribution in [2.45, 2.75) is 13.8 Å². The van der Waals surface area contributed by atoms with E-state index < -0.39 is 0 Å². The third-order valence-corrected chi connectivity index (χ3v) is 7.29. The van der Waals surface area contributed by atoms with Crippen molar-refractivity contribution < 1.29 is 24.5 Å². The average molecular weight is 747 g/mol. The Kier molecular flexibility index (Phi) is 8.38. The topological polar surface area (TPSA) is 64.7 Å². The quantitative estimate of drug-likeness (QED) is 0.169. The van der Waals surface area contributed by atoms with E-state index in [9.17, 15) is 0 Å². The molecule has 0 saturated carbocycles. The Labute approximate surface area is 269 Å². The van der Waals surface area contributed by atoms with E-state index in [4.69, 9.17) is 4.42 Å². The number of hydrogen-bond donors (Lipinski definition) is 0. The number of hydrogen-bond acceptors (Lipinski definition) is 5. The molecular weight excluding hydrogens is 721 g/mol. The van der Waals surface area contributed by atoms with Gasteiger partial charge in [-0.15, -0.1) is 54.1 Å². The molecular formula is C38H26IrN4O-2. The minimum Gasteiger partial charge on any atom is -0.486 e. The molecule has 0 unspecified atom stereocenters. The van der Waals surface area contributed by atoms with Crippen LogP contribution in [0.2, 0.25) is 0 Å². The number of furan rings is 1. The molecule has 0 aliphatic heterocycles. The number of fused-ring (bicyclic) bond motifs is 4. The molecule has 0 bridgehead atoms. The normalized spacial score (nSPS) is 10.8. The minimum atomic E-state index is 0.